The van der Waals surface area contributed by atoms with E-state index < -0.39 is 11.9 Å². The second-order valence-electron chi connectivity index (χ2n) is 7.55. The minimum absolute atomic E-state index is 0.0458. The molecule has 2 aromatic carbocycles. The van der Waals surface area contributed by atoms with Gasteiger partial charge in [0.05, 0.1) is 11.1 Å². The van der Waals surface area contributed by atoms with Crippen molar-refractivity contribution in [3.63, 3.8) is 0 Å². The maximum atomic E-state index is 12.7. The van der Waals surface area contributed by atoms with Gasteiger partial charge in [-0.2, -0.15) is 5.26 Å². The molecule has 0 spiro atoms. The number of amides is 1. The van der Waals surface area contributed by atoms with Crippen LogP contribution in [0.5, 0.6) is 0 Å². The third kappa shape index (κ3) is 4.36. The van der Waals surface area contributed by atoms with Crippen LogP contribution >= 0.6 is 0 Å². The van der Waals surface area contributed by atoms with E-state index in [0.29, 0.717) is 5.69 Å². The van der Waals surface area contributed by atoms with Crippen LogP contribution in [0.15, 0.2) is 72.4 Å². The first-order valence-corrected chi connectivity index (χ1v) is 10.2. The van der Waals surface area contributed by atoms with Crippen molar-refractivity contribution in [2.45, 2.75) is 13.8 Å². The van der Waals surface area contributed by atoms with Gasteiger partial charge in [0.2, 0.25) is 0 Å². The molecule has 0 bridgehead atoms. The van der Waals surface area contributed by atoms with Gasteiger partial charge in [0, 0.05) is 34.3 Å². The highest BCUT2D eigenvalue weighted by atomic mass is 16.4. The maximum Gasteiger partial charge on any atom is 0.335 e. The van der Waals surface area contributed by atoms with Crippen LogP contribution in [-0.4, -0.2) is 26.5 Å². The zero-order chi connectivity index (χ0) is 23.5. The first kappa shape index (κ1) is 21.5. The highest BCUT2D eigenvalue weighted by Gasteiger charge is 2.15. The number of carboxylic acid groups (broad SMARTS) is 1. The fraction of sp³-hybridized carbons (Fsp3) is 0.0769. The number of fused-ring (bicyclic) bond motifs is 1. The molecule has 0 unspecified atom stereocenters. The van der Waals surface area contributed by atoms with Gasteiger partial charge in [-0.3, -0.25) is 9.78 Å². The smallest absolute Gasteiger partial charge is 0.335 e. The van der Waals surface area contributed by atoms with E-state index in [0.717, 1.165) is 33.5 Å². The number of hydrogen-bond acceptors (Lipinski definition) is 4. The lowest BCUT2D eigenvalue weighted by Crippen LogP contribution is -2.14. The van der Waals surface area contributed by atoms with Gasteiger partial charge >= 0.3 is 5.97 Å². The second-order valence-corrected chi connectivity index (χ2v) is 7.55. The fourth-order valence-electron chi connectivity index (χ4n) is 3.77. The Balaban J connectivity index is 1.66. The summed E-state index contributed by atoms with van der Waals surface area (Å²) in [6.45, 7) is 3.89. The van der Waals surface area contributed by atoms with Crippen molar-refractivity contribution >= 4 is 34.5 Å². The SMILES string of the molecule is Cc1cc(C=C(C#N)C(=O)Nc2cccc(C(=O)O)c2)c(C)n1-c1ccc2ncccc2c1. The molecule has 0 saturated carbocycles. The minimum atomic E-state index is -1.10. The second kappa shape index (κ2) is 8.81. The Hall–Kier alpha value is -4.70. The van der Waals surface area contributed by atoms with Gasteiger partial charge in [-0.05, 0) is 74.0 Å². The molecule has 7 heteroatoms. The number of rotatable bonds is 5. The molecule has 0 radical (unpaired) electrons. The third-order valence-corrected chi connectivity index (χ3v) is 5.35. The number of aromatic carboxylic acids is 1. The summed E-state index contributed by atoms with van der Waals surface area (Å²) < 4.78 is 2.06. The van der Waals surface area contributed by atoms with E-state index in [1.165, 1.54) is 24.3 Å². The van der Waals surface area contributed by atoms with Crippen molar-refractivity contribution < 1.29 is 14.7 Å². The molecular formula is C26H20N4O3. The highest BCUT2D eigenvalue weighted by Crippen LogP contribution is 2.25. The molecule has 0 fully saturated rings. The molecule has 2 N–H and O–H groups in total. The van der Waals surface area contributed by atoms with E-state index in [-0.39, 0.29) is 11.1 Å². The maximum absolute atomic E-state index is 12.7. The monoisotopic (exact) mass is 436 g/mol. The lowest BCUT2D eigenvalue weighted by Gasteiger charge is -2.11. The fourth-order valence-corrected chi connectivity index (χ4v) is 3.77. The van der Waals surface area contributed by atoms with Crippen LogP contribution in [-0.2, 0) is 4.79 Å². The van der Waals surface area contributed by atoms with E-state index >= 15 is 0 Å². The van der Waals surface area contributed by atoms with Crippen molar-refractivity contribution in [1.82, 2.24) is 9.55 Å². The summed E-state index contributed by atoms with van der Waals surface area (Å²) in [5.74, 6) is -1.71. The summed E-state index contributed by atoms with van der Waals surface area (Å²) in [5, 5.41) is 22.3. The zero-order valence-corrected chi connectivity index (χ0v) is 18.0. The molecular weight excluding hydrogens is 416 g/mol. The molecule has 0 aliphatic carbocycles. The normalized spacial score (nSPS) is 11.2. The summed E-state index contributed by atoms with van der Waals surface area (Å²) in [5.41, 5.74) is 4.69. The van der Waals surface area contributed by atoms with Gasteiger partial charge in [-0.25, -0.2) is 4.79 Å². The molecule has 4 aromatic rings. The first-order valence-electron chi connectivity index (χ1n) is 10.2. The van der Waals surface area contributed by atoms with Gasteiger partial charge in [0.25, 0.3) is 5.91 Å². The first-order chi connectivity index (χ1) is 15.9. The number of pyridine rings is 1. The van der Waals surface area contributed by atoms with Crippen molar-refractivity contribution in [1.29, 1.82) is 5.26 Å². The summed E-state index contributed by atoms with van der Waals surface area (Å²) in [6, 6.07) is 19.6. The number of aryl methyl sites for hydroxylation is 1. The average Bonchev–Trinajstić information content (AvgIpc) is 3.09. The van der Waals surface area contributed by atoms with Crippen LogP contribution in [0.25, 0.3) is 22.7 Å². The third-order valence-electron chi connectivity index (χ3n) is 5.35. The highest BCUT2D eigenvalue weighted by molar-refractivity contribution is 6.10. The minimum Gasteiger partial charge on any atom is -0.478 e. The largest absolute Gasteiger partial charge is 0.478 e. The molecule has 2 heterocycles. The van der Waals surface area contributed by atoms with Crippen LogP contribution in [0.3, 0.4) is 0 Å². The number of carbonyl (C=O) groups is 2. The molecule has 2 aromatic heterocycles. The predicted octanol–water partition coefficient (Wildman–Crippen LogP) is 4.89. The number of nitrogens with one attached hydrogen (secondary N) is 1. The Labute approximate surface area is 190 Å². The van der Waals surface area contributed by atoms with Gasteiger partial charge in [-0.15, -0.1) is 0 Å². The predicted molar refractivity (Wildman–Crippen MR) is 126 cm³/mol. The molecule has 0 saturated heterocycles. The van der Waals surface area contributed by atoms with Crippen LogP contribution in [0.2, 0.25) is 0 Å². The van der Waals surface area contributed by atoms with Crippen molar-refractivity contribution in [3.05, 3.63) is 94.9 Å². The van der Waals surface area contributed by atoms with E-state index in [2.05, 4.69) is 14.9 Å². The molecule has 7 nitrogen and oxygen atoms in total. The standard InChI is InChI=1S/C26H20N4O3/c1-16-11-20(17(2)30(16)23-8-9-24-18(14-23)6-4-10-28-24)12-21(15-27)25(31)29-22-7-3-5-19(13-22)26(32)33/h3-14H,1-2H3,(H,29,31)(H,32,33). The molecule has 0 aliphatic heterocycles. The summed E-state index contributed by atoms with van der Waals surface area (Å²) in [7, 11) is 0. The van der Waals surface area contributed by atoms with Crippen LogP contribution < -0.4 is 5.32 Å². The Morgan fingerprint density at radius 2 is 1.91 bits per heavy atom. The Morgan fingerprint density at radius 1 is 1.09 bits per heavy atom. The lowest BCUT2D eigenvalue weighted by molar-refractivity contribution is -0.112. The van der Waals surface area contributed by atoms with Crippen LogP contribution in [0.4, 0.5) is 5.69 Å². The summed E-state index contributed by atoms with van der Waals surface area (Å²) in [4.78, 5) is 28.2. The molecule has 0 aliphatic rings. The van der Waals surface area contributed by atoms with Gasteiger partial charge in [-0.1, -0.05) is 12.1 Å². The van der Waals surface area contributed by atoms with Crippen LogP contribution in [0.1, 0.15) is 27.3 Å². The van der Waals surface area contributed by atoms with E-state index in [4.69, 9.17) is 5.11 Å². The zero-order valence-electron chi connectivity index (χ0n) is 18.0. The van der Waals surface area contributed by atoms with Gasteiger partial charge in [0.15, 0.2) is 0 Å². The number of aromatic nitrogens is 2. The number of carboxylic acids is 1. The number of nitrogens with zero attached hydrogens (tertiary/aromatic N) is 3. The van der Waals surface area contributed by atoms with Gasteiger partial charge in [0.1, 0.15) is 11.6 Å². The topological polar surface area (TPSA) is 108 Å². The van der Waals surface area contributed by atoms with E-state index in [9.17, 15) is 14.9 Å². The number of anilines is 1. The quantitative estimate of drug-likeness (QED) is 0.342. The molecule has 4 rings (SSSR count). The number of carbonyl (C=O) groups excluding carboxylic acids is 1. The van der Waals surface area contributed by atoms with Gasteiger partial charge < -0.3 is 15.0 Å². The Bertz CT molecular complexity index is 1470. The van der Waals surface area contributed by atoms with E-state index in [1.807, 2.05) is 56.3 Å². The van der Waals surface area contributed by atoms with Crippen molar-refractivity contribution in [3.8, 4) is 11.8 Å². The summed E-state index contributed by atoms with van der Waals surface area (Å²) in [6.07, 6.45) is 3.29. The van der Waals surface area contributed by atoms with Crippen LogP contribution in [0, 0.1) is 25.2 Å². The molecule has 33 heavy (non-hydrogen) atoms. The number of benzene rings is 2. The molecule has 0 atom stereocenters. The van der Waals surface area contributed by atoms with Crippen molar-refractivity contribution in [2.24, 2.45) is 0 Å². The molecule has 162 valence electrons. The number of nitriles is 1. The Morgan fingerprint density at radius 3 is 2.67 bits per heavy atom. The lowest BCUT2D eigenvalue weighted by atomic mass is 10.1. The van der Waals surface area contributed by atoms with Crippen molar-refractivity contribution in [2.75, 3.05) is 5.32 Å². The Kier molecular flexibility index (Phi) is 5.75. The molecule has 1 amide bonds. The summed E-state index contributed by atoms with van der Waals surface area (Å²) >= 11 is 0. The average molecular weight is 436 g/mol. The van der Waals surface area contributed by atoms with E-state index in [1.54, 1.807) is 12.3 Å². The number of hydrogen-bond donors (Lipinski definition) is 2.